The van der Waals surface area contributed by atoms with Gasteiger partial charge in [-0.25, -0.2) is 18.5 Å². The Morgan fingerprint density at radius 2 is 1.71 bits per heavy atom. The van der Waals surface area contributed by atoms with E-state index in [1.807, 2.05) is 6.92 Å². The van der Waals surface area contributed by atoms with E-state index in [1.54, 1.807) is 36.4 Å². The molecule has 1 aliphatic heterocycles. The molecule has 2 aromatic rings. The maximum Gasteiger partial charge on any atom is 0.257 e. The second-order valence-corrected chi connectivity index (χ2v) is 9.85. The number of anilines is 2. The molecule has 2 aromatic carbocycles. The van der Waals surface area contributed by atoms with E-state index >= 15 is 0 Å². The molecule has 1 aliphatic rings. The molecule has 0 aromatic heterocycles. The Morgan fingerprint density at radius 3 is 2.26 bits per heavy atom. The van der Waals surface area contributed by atoms with Crippen molar-refractivity contribution in [2.45, 2.75) is 50.5 Å². The SMILES string of the molecule is CCCC(=O)N(CCc1ccc(S(N)(=O)=O)cc1)C1CC(=O)N(c2ccc(NC(C)=O)cc2)C1=O. The molecular formula is C24H28N4O6S. The van der Waals surface area contributed by atoms with Crippen molar-refractivity contribution in [2.24, 2.45) is 5.14 Å². The zero-order chi connectivity index (χ0) is 25.8. The lowest BCUT2D eigenvalue weighted by Crippen LogP contribution is -2.46. The highest BCUT2D eigenvalue weighted by Crippen LogP contribution is 2.27. The summed E-state index contributed by atoms with van der Waals surface area (Å²) in [6.45, 7) is 3.42. The van der Waals surface area contributed by atoms with Gasteiger partial charge in [0.2, 0.25) is 27.7 Å². The van der Waals surface area contributed by atoms with Crippen LogP contribution in [0.25, 0.3) is 0 Å². The number of nitrogens with zero attached hydrogens (tertiary/aromatic N) is 2. The quantitative estimate of drug-likeness (QED) is 0.502. The van der Waals surface area contributed by atoms with E-state index in [4.69, 9.17) is 5.14 Å². The number of sulfonamides is 1. The Balaban J connectivity index is 1.78. The van der Waals surface area contributed by atoms with Gasteiger partial charge in [-0.1, -0.05) is 19.1 Å². The van der Waals surface area contributed by atoms with Crippen LogP contribution in [-0.4, -0.2) is 49.5 Å². The fourth-order valence-electron chi connectivity index (χ4n) is 3.93. The van der Waals surface area contributed by atoms with E-state index in [0.717, 1.165) is 10.5 Å². The molecule has 11 heteroatoms. The van der Waals surface area contributed by atoms with Gasteiger partial charge in [0.05, 0.1) is 17.0 Å². The van der Waals surface area contributed by atoms with E-state index in [0.29, 0.717) is 24.2 Å². The second-order valence-electron chi connectivity index (χ2n) is 8.29. The van der Waals surface area contributed by atoms with Gasteiger partial charge in [0.25, 0.3) is 5.91 Å². The summed E-state index contributed by atoms with van der Waals surface area (Å²) in [5, 5.41) is 7.75. The number of nitrogens with one attached hydrogen (secondary N) is 1. The monoisotopic (exact) mass is 500 g/mol. The summed E-state index contributed by atoms with van der Waals surface area (Å²) in [6.07, 6.45) is 1.05. The zero-order valence-corrected chi connectivity index (χ0v) is 20.4. The van der Waals surface area contributed by atoms with Gasteiger partial charge in [-0.3, -0.25) is 19.2 Å². The molecule has 0 spiro atoms. The molecule has 1 atom stereocenters. The Morgan fingerprint density at radius 1 is 1.09 bits per heavy atom. The van der Waals surface area contributed by atoms with E-state index in [1.165, 1.54) is 24.0 Å². The van der Waals surface area contributed by atoms with Crippen molar-refractivity contribution in [1.82, 2.24) is 4.90 Å². The number of hydrogen-bond donors (Lipinski definition) is 2. The number of hydrogen-bond acceptors (Lipinski definition) is 6. The van der Waals surface area contributed by atoms with E-state index in [9.17, 15) is 27.6 Å². The molecular weight excluding hydrogens is 472 g/mol. The van der Waals surface area contributed by atoms with Gasteiger partial charge < -0.3 is 10.2 Å². The first kappa shape index (κ1) is 26.0. The highest BCUT2D eigenvalue weighted by atomic mass is 32.2. The number of amides is 4. The van der Waals surface area contributed by atoms with Gasteiger partial charge in [0, 0.05) is 25.6 Å². The molecule has 1 fully saturated rings. The van der Waals surface area contributed by atoms with Crippen LogP contribution in [0.1, 0.15) is 38.7 Å². The van der Waals surface area contributed by atoms with Gasteiger partial charge in [-0.15, -0.1) is 0 Å². The van der Waals surface area contributed by atoms with Gasteiger partial charge in [0.15, 0.2) is 0 Å². The minimum Gasteiger partial charge on any atom is -0.330 e. The summed E-state index contributed by atoms with van der Waals surface area (Å²) < 4.78 is 22.9. The summed E-state index contributed by atoms with van der Waals surface area (Å²) in [4.78, 5) is 52.6. The van der Waals surface area contributed by atoms with Gasteiger partial charge in [-0.05, 0) is 54.8 Å². The molecule has 1 unspecified atom stereocenters. The minimum atomic E-state index is -3.81. The highest BCUT2D eigenvalue weighted by molar-refractivity contribution is 7.89. The summed E-state index contributed by atoms with van der Waals surface area (Å²) in [7, 11) is -3.81. The molecule has 0 saturated carbocycles. The third-order valence-corrected chi connectivity index (χ3v) is 6.55. The molecule has 0 radical (unpaired) electrons. The predicted octanol–water partition coefficient (Wildman–Crippen LogP) is 1.80. The summed E-state index contributed by atoms with van der Waals surface area (Å²) in [5.74, 6) is -1.38. The largest absolute Gasteiger partial charge is 0.330 e. The molecule has 35 heavy (non-hydrogen) atoms. The van der Waals surface area contributed by atoms with Crippen molar-refractivity contribution in [3.05, 3.63) is 54.1 Å². The molecule has 186 valence electrons. The molecule has 0 aliphatic carbocycles. The lowest BCUT2D eigenvalue weighted by Gasteiger charge is -2.28. The topological polar surface area (TPSA) is 147 Å². The average Bonchev–Trinajstić information content (AvgIpc) is 3.08. The Hall–Kier alpha value is -3.57. The van der Waals surface area contributed by atoms with Crippen molar-refractivity contribution in [1.29, 1.82) is 0 Å². The zero-order valence-electron chi connectivity index (χ0n) is 19.6. The molecule has 0 bridgehead atoms. The molecule has 10 nitrogen and oxygen atoms in total. The maximum atomic E-state index is 13.3. The predicted molar refractivity (Wildman–Crippen MR) is 130 cm³/mol. The normalized spacial score (nSPS) is 15.9. The van der Waals surface area contributed by atoms with Gasteiger partial charge in [-0.2, -0.15) is 0 Å². The van der Waals surface area contributed by atoms with Crippen LogP contribution >= 0.6 is 0 Å². The summed E-state index contributed by atoms with van der Waals surface area (Å²) >= 11 is 0. The van der Waals surface area contributed by atoms with Crippen LogP contribution in [0.2, 0.25) is 0 Å². The first-order chi connectivity index (χ1) is 16.5. The second kappa shape index (κ2) is 10.8. The first-order valence-corrected chi connectivity index (χ1v) is 12.7. The fourth-order valence-corrected chi connectivity index (χ4v) is 4.45. The van der Waals surface area contributed by atoms with Gasteiger partial charge in [0.1, 0.15) is 6.04 Å². The number of rotatable bonds is 9. The van der Waals surface area contributed by atoms with Crippen LogP contribution in [0.15, 0.2) is 53.4 Å². The summed E-state index contributed by atoms with van der Waals surface area (Å²) in [6, 6.07) is 11.4. The lowest BCUT2D eigenvalue weighted by atomic mass is 10.1. The Kier molecular flexibility index (Phi) is 8.03. The van der Waals surface area contributed by atoms with Crippen molar-refractivity contribution in [3.8, 4) is 0 Å². The van der Waals surface area contributed by atoms with Crippen LogP contribution < -0.4 is 15.4 Å². The molecule has 1 saturated heterocycles. The van der Waals surface area contributed by atoms with Crippen LogP contribution in [-0.2, 0) is 35.6 Å². The van der Waals surface area contributed by atoms with Crippen LogP contribution in [0.5, 0.6) is 0 Å². The van der Waals surface area contributed by atoms with Crippen molar-refractivity contribution in [3.63, 3.8) is 0 Å². The van der Waals surface area contributed by atoms with Crippen molar-refractivity contribution in [2.75, 3.05) is 16.8 Å². The van der Waals surface area contributed by atoms with E-state index in [2.05, 4.69) is 5.32 Å². The standard InChI is InChI=1S/C24H28N4O6S/c1-3-4-22(30)27(14-13-17-5-11-20(12-6-17)35(25,33)34)21-15-23(31)28(24(21)32)19-9-7-18(8-10-19)26-16(2)29/h5-12,21H,3-4,13-15H2,1-2H3,(H,26,29)(H2,25,33,34). The van der Waals surface area contributed by atoms with Crippen LogP contribution in [0.4, 0.5) is 11.4 Å². The van der Waals surface area contributed by atoms with Crippen LogP contribution in [0.3, 0.4) is 0 Å². The minimum absolute atomic E-state index is 0.0168. The molecule has 1 heterocycles. The summed E-state index contributed by atoms with van der Waals surface area (Å²) in [5.41, 5.74) is 1.65. The first-order valence-electron chi connectivity index (χ1n) is 11.2. The number of nitrogens with two attached hydrogens (primary N) is 1. The number of imide groups is 1. The van der Waals surface area contributed by atoms with Crippen LogP contribution in [0, 0.1) is 0 Å². The van der Waals surface area contributed by atoms with E-state index < -0.39 is 27.9 Å². The lowest BCUT2D eigenvalue weighted by molar-refractivity contribution is -0.138. The molecule has 4 amide bonds. The maximum absolute atomic E-state index is 13.3. The third kappa shape index (κ3) is 6.31. The number of carbonyl (C=O) groups is 4. The average molecular weight is 501 g/mol. The fraction of sp³-hybridized carbons (Fsp3) is 0.333. The molecule has 3 N–H and O–H groups in total. The number of primary sulfonamides is 1. The van der Waals surface area contributed by atoms with Crippen molar-refractivity contribution < 1.29 is 27.6 Å². The number of carbonyl (C=O) groups excluding carboxylic acids is 4. The van der Waals surface area contributed by atoms with Crippen molar-refractivity contribution >= 4 is 45.0 Å². The number of benzene rings is 2. The highest BCUT2D eigenvalue weighted by Gasteiger charge is 2.44. The Bertz CT molecular complexity index is 1230. The van der Waals surface area contributed by atoms with E-state index in [-0.39, 0.29) is 36.1 Å². The third-order valence-electron chi connectivity index (χ3n) is 5.62. The molecule has 3 rings (SSSR count). The smallest absolute Gasteiger partial charge is 0.257 e. The van der Waals surface area contributed by atoms with Gasteiger partial charge >= 0.3 is 0 Å². The Labute approximate surface area is 204 Å².